The number of rotatable bonds is 8. The van der Waals surface area contributed by atoms with Gasteiger partial charge in [0.15, 0.2) is 5.82 Å². The highest BCUT2D eigenvalue weighted by Crippen LogP contribution is 2.31. The average Bonchev–Trinajstić information content (AvgIpc) is 2.63. The third-order valence-electron chi connectivity index (χ3n) is 3.75. The predicted molar refractivity (Wildman–Crippen MR) is 107 cm³/mol. The van der Waals surface area contributed by atoms with Crippen molar-refractivity contribution in [3.05, 3.63) is 35.5 Å². The Morgan fingerprint density at radius 2 is 1.88 bits per heavy atom. The molecule has 0 bridgehead atoms. The van der Waals surface area contributed by atoms with Crippen LogP contribution in [0.15, 0.2) is 24.4 Å². The first-order valence-electron chi connectivity index (χ1n) is 8.95. The minimum absolute atomic E-state index is 0.450. The maximum Gasteiger partial charge on any atom is 0.298 e. The van der Waals surface area contributed by atoms with Gasteiger partial charge in [0, 0.05) is 23.9 Å². The molecule has 0 aliphatic heterocycles. The molecule has 1 aromatic carbocycles. The number of carbonyl (C=O) groups excluding carboxylic acids is 1. The van der Waals surface area contributed by atoms with Crippen LogP contribution in [0.3, 0.4) is 0 Å². The second-order valence-electron chi connectivity index (χ2n) is 6.00. The summed E-state index contributed by atoms with van der Waals surface area (Å²) >= 11 is 0. The van der Waals surface area contributed by atoms with Crippen molar-refractivity contribution in [1.82, 2.24) is 15.3 Å². The summed E-state index contributed by atoms with van der Waals surface area (Å²) in [7, 11) is 3.75. The van der Waals surface area contributed by atoms with Gasteiger partial charge in [0.05, 0.1) is 0 Å². The molecule has 0 aliphatic carbocycles. The molecule has 0 amide bonds. The van der Waals surface area contributed by atoms with Gasteiger partial charge in [0.2, 0.25) is 0 Å². The Labute approximate surface area is 156 Å². The Balaban J connectivity index is 0.00000105. The van der Waals surface area contributed by atoms with Gasteiger partial charge in [0.25, 0.3) is 6.47 Å². The molecule has 0 atom stereocenters. The lowest BCUT2D eigenvalue weighted by Gasteiger charge is -2.12. The van der Waals surface area contributed by atoms with Crippen LogP contribution in [0.1, 0.15) is 37.3 Å². The number of hydrogen-bond donors (Lipinski definition) is 2. The van der Waals surface area contributed by atoms with E-state index in [1.807, 2.05) is 46.1 Å². The number of hydrogen-bond acceptors (Lipinski definition) is 6. The highest BCUT2D eigenvalue weighted by atomic mass is 16.5. The zero-order chi connectivity index (χ0) is 19.4. The maximum atomic E-state index is 10.7. The van der Waals surface area contributed by atoms with Crippen molar-refractivity contribution in [1.29, 1.82) is 0 Å². The van der Waals surface area contributed by atoms with Crippen LogP contribution in [-0.4, -0.2) is 37.1 Å². The zero-order valence-electron chi connectivity index (χ0n) is 16.4. The van der Waals surface area contributed by atoms with Crippen molar-refractivity contribution < 1.29 is 9.53 Å². The number of nitrogens with one attached hydrogen (secondary N) is 2. The van der Waals surface area contributed by atoms with E-state index in [-0.39, 0.29) is 0 Å². The SMILES string of the molecule is CCCCCNc1ccnc(-c2ccc(C)c(OC=O)c2C)n1.CNC. The van der Waals surface area contributed by atoms with Crippen molar-refractivity contribution in [3.63, 3.8) is 0 Å². The van der Waals surface area contributed by atoms with Crippen LogP contribution in [0.2, 0.25) is 0 Å². The van der Waals surface area contributed by atoms with Crippen LogP contribution in [0.4, 0.5) is 5.82 Å². The molecule has 1 heterocycles. The lowest BCUT2D eigenvalue weighted by atomic mass is 10.0. The molecule has 0 aliphatic rings. The van der Waals surface area contributed by atoms with E-state index in [9.17, 15) is 4.79 Å². The molecule has 2 rings (SSSR count). The number of nitrogens with zero attached hydrogens (tertiary/aromatic N) is 2. The molecule has 142 valence electrons. The zero-order valence-corrected chi connectivity index (χ0v) is 16.4. The van der Waals surface area contributed by atoms with E-state index in [4.69, 9.17) is 4.74 Å². The monoisotopic (exact) mass is 358 g/mol. The minimum atomic E-state index is 0.450. The standard InChI is InChI=1S/C18H23N3O2.C2H7N/c1-4-5-6-10-19-16-9-11-20-18(21-16)15-8-7-13(2)17(14(15)3)23-12-22;1-3-2/h7-9,11-12H,4-6,10H2,1-3H3,(H,19,20,21);3H,1-2H3. The first-order valence-corrected chi connectivity index (χ1v) is 8.95. The summed E-state index contributed by atoms with van der Waals surface area (Å²) in [5.41, 5.74) is 2.64. The van der Waals surface area contributed by atoms with E-state index in [0.717, 1.165) is 35.5 Å². The molecule has 1 aromatic heterocycles. The lowest BCUT2D eigenvalue weighted by molar-refractivity contribution is -0.120. The maximum absolute atomic E-state index is 10.7. The summed E-state index contributed by atoms with van der Waals surface area (Å²) in [4.78, 5) is 19.6. The van der Waals surface area contributed by atoms with Crippen molar-refractivity contribution >= 4 is 12.3 Å². The van der Waals surface area contributed by atoms with Crippen molar-refractivity contribution in [3.8, 4) is 17.1 Å². The van der Waals surface area contributed by atoms with Crippen LogP contribution in [-0.2, 0) is 4.79 Å². The Morgan fingerprint density at radius 3 is 2.54 bits per heavy atom. The van der Waals surface area contributed by atoms with Gasteiger partial charge in [-0.15, -0.1) is 0 Å². The average molecular weight is 358 g/mol. The first kappa shape index (κ1) is 21.6. The molecule has 6 heteroatoms. The second kappa shape index (κ2) is 12.0. The van der Waals surface area contributed by atoms with Crippen molar-refractivity contribution in [2.45, 2.75) is 40.0 Å². The Morgan fingerprint density at radius 1 is 1.15 bits per heavy atom. The van der Waals surface area contributed by atoms with E-state index < -0.39 is 0 Å². The third-order valence-corrected chi connectivity index (χ3v) is 3.75. The van der Waals surface area contributed by atoms with Gasteiger partial charge in [-0.2, -0.15) is 0 Å². The molecule has 0 unspecified atom stereocenters. The van der Waals surface area contributed by atoms with E-state index in [0.29, 0.717) is 18.0 Å². The fourth-order valence-electron chi connectivity index (χ4n) is 2.48. The largest absolute Gasteiger partial charge is 0.428 e. The van der Waals surface area contributed by atoms with Gasteiger partial charge < -0.3 is 15.4 Å². The molecular formula is C20H30N4O2. The summed E-state index contributed by atoms with van der Waals surface area (Å²) < 4.78 is 5.10. The summed E-state index contributed by atoms with van der Waals surface area (Å²) in [6.45, 7) is 7.35. The van der Waals surface area contributed by atoms with Gasteiger partial charge in [-0.1, -0.05) is 31.9 Å². The number of anilines is 1. The molecule has 6 nitrogen and oxygen atoms in total. The summed E-state index contributed by atoms with van der Waals surface area (Å²) in [5.74, 6) is 2.00. The smallest absolute Gasteiger partial charge is 0.298 e. The van der Waals surface area contributed by atoms with Crippen molar-refractivity contribution in [2.24, 2.45) is 0 Å². The van der Waals surface area contributed by atoms with Gasteiger partial charge in [-0.3, -0.25) is 4.79 Å². The van der Waals surface area contributed by atoms with Crippen molar-refractivity contribution in [2.75, 3.05) is 26.0 Å². The summed E-state index contributed by atoms with van der Waals surface area (Å²) in [5, 5.41) is 6.07. The third kappa shape index (κ3) is 6.44. The Hall–Kier alpha value is -2.47. The summed E-state index contributed by atoms with van der Waals surface area (Å²) in [6.07, 6.45) is 5.26. The Kier molecular flexibility index (Phi) is 9.94. The molecule has 0 radical (unpaired) electrons. The molecule has 2 aromatic rings. The summed E-state index contributed by atoms with van der Waals surface area (Å²) in [6, 6.07) is 5.73. The van der Waals surface area contributed by atoms with Crippen LogP contribution in [0, 0.1) is 13.8 Å². The number of unbranched alkanes of at least 4 members (excludes halogenated alkanes) is 2. The van der Waals surface area contributed by atoms with Crippen LogP contribution >= 0.6 is 0 Å². The number of aryl methyl sites for hydroxylation is 1. The first-order chi connectivity index (χ1) is 12.6. The van der Waals surface area contributed by atoms with Crippen LogP contribution < -0.4 is 15.4 Å². The van der Waals surface area contributed by atoms with Gasteiger partial charge in [-0.05, 0) is 46.0 Å². The fraction of sp³-hybridized carbons (Fsp3) is 0.450. The van der Waals surface area contributed by atoms with E-state index in [2.05, 4.69) is 27.5 Å². The second-order valence-corrected chi connectivity index (χ2v) is 6.00. The molecule has 0 saturated carbocycles. The molecule has 0 saturated heterocycles. The van der Waals surface area contributed by atoms with Gasteiger partial charge in [0.1, 0.15) is 11.6 Å². The van der Waals surface area contributed by atoms with E-state index in [1.54, 1.807) is 6.20 Å². The highest BCUT2D eigenvalue weighted by molar-refractivity contribution is 5.67. The number of benzene rings is 1. The number of aromatic nitrogens is 2. The number of ether oxygens (including phenoxy) is 1. The predicted octanol–water partition coefficient (Wildman–Crippen LogP) is 3.73. The quantitative estimate of drug-likeness (QED) is 0.553. The fourth-order valence-corrected chi connectivity index (χ4v) is 2.48. The lowest BCUT2D eigenvalue weighted by Crippen LogP contribution is -2.05. The highest BCUT2D eigenvalue weighted by Gasteiger charge is 2.12. The molecular weight excluding hydrogens is 328 g/mol. The normalized spacial score (nSPS) is 9.88. The topological polar surface area (TPSA) is 76.1 Å². The van der Waals surface area contributed by atoms with Crippen LogP contribution in [0.5, 0.6) is 5.75 Å². The molecule has 26 heavy (non-hydrogen) atoms. The van der Waals surface area contributed by atoms with E-state index in [1.165, 1.54) is 12.8 Å². The van der Waals surface area contributed by atoms with Gasteiger partial charge >= 0.3 is 0 Å². The number of carbonyl (C=O) groups is 1. The van der Waals surface area contributed by atoms with Crippen LogP contribution in [0.25, 0.3) is 11.4 Å². The molecule has 2 N–H and O–H groups in total. The Bertz CT molecular complexity index is 690. The van der Waals surface area contributed by atoms with E-state index >= 15 is 0 Å². The molecule has 0 spiro atoms. The minimum Gasteiger partial charge on any atom is -0.428 e. The van der Waals surface area contributed by atoms with Gasteiger partial charge in [-0.25, -0.2) is 9.97 Å². The molecule has 0 fully saturated rings.